The molecule has 1 amide bonds. The van der Waals surface area contributed by atoms with E-state index in [1.165, 1.54) is 0 Å². The van der Waals surface area contributed by atoms with E-state index in [1.54, 1.807) is 13.2 Å². The van der Waals surface area contributed by atoms with Crippen LogP contribution in [-0.2, 0) is 10.3 Å². The smallest absolute Gasteiger partial charge is 0.412 e. The number of anilines is 1. The van der Waals surface area contributed by atoms with E-state index < -0.39 is 17.2 Å². The molecule has 1 aliphatic carbocycles. The summed E-state index contributed by atoms with van der Waals surface area (Å²) in [6.45, 7) is 5.43. The second kappa shape index (κ2) is 6.99. The van der Waals surface area contributed by atoms with Gasteiger partial charge in [0.1, 0.15) is 11.4 Å². The minimum atomic E-state index is -0.587. The van der Waals surface area contributed by atoms with Crippen molar-refractivity contribution in [3.05, 3.63) is 23.8 Å². The molecule has 6 nitrogen and oxygen atoms in total. The van der Waals surface area contributed by atoms with Crippen molar-refractivity contribution in [2.75, 3.05) is 12.4 Å². The molecule has 1 aromatic carbocycles. The van der Waals surface area contributed by atoms with Gasteiger partial charge in [-0.25, -0.2) is 4.79 Å². The van der Waals surface area contributed by atoms with Gasteiger partial charge in [-0.15, -0.1) is 0 Å². The molecule has 24 heavy (non-hydrogen) atoms. The van der Waals surface area contributed by atoms with Gasteiger partial charge in [0.25, 0.3) is 0 Å². The van der Waals surface area contributed by atoms with Crippen LogP contribution in [0.15, 0.2) is 18.2 Å². The summed E-state index contributed by atoms with van der Waals surface area (Å²) in [5.74, 6) is 0.629. The third-order valence-corrected chi connectivity index (χ3v) is 4.25. The zero-order chi connectivity index (χ0) is 18.0. The number of carbonyl (C=O) groups is 1. The highest BCUT2D eigenvalue weighted by molar-refractivity contribution is 5.86. The molecular weight excluding hydrogens is 308 g/mol. The summed E-state index contributed by atoms with van der Waals surface area (Å²) in [4.78, 5) is 12.2. The van der Waals surface area contributed by atoms with Gasteiger partial charge in [-0.1, -0.05) is 6.07 Å². The summed E-state index contributed by atoms with van der Waals surface area (Å²) >= 11 is 0. The molecule has 0 aliphatic heterocycles. The van der Waals surface area contributed by atoms with E-state index in [0.717, 1.165) is 5.56 Å². The molecule has 4 N–H and O–H groups in total. The Hall–Kier alpha value is -1.79. The van der Waals surface area contributed by atoms with E-state index in [0.29, 0.717) is 37.1 Å². The number of nitrogens with two attached hydrogens (primary N) is 1. The average Bonchev–Trinajstić information content (AvgIpc) is 2.48. The van der Waals surface area contributed by atoms with Crippen molar-refractivity contribution in [2.24, 2.45) is 5.73 Å². The number of hydrogen-bond acceptors (Lipinski definition) is 5. The number of amides is 1. The van der Waals surface area contributed by atoms with E-state index in [1.807, 2.05) is 32.9 Å². The van der Waals surface area contributed by atoms with E-state index in [9.17, 15) is 9.90 Å². The molecule has 0 bridgehead atoms. The summed E-state index contributed by atoms with van der Waals surface area (Å²) in [6.07, 6.45) is 1.77. The number of hydrogen-bond donors (Lipinski definition) is 3. The average molecular weight is 336 g/mol. The van der Waals surface area contributed by atoms with Gasteiger partial charge in [0.05, 0.1) is 18.9 Å². The van der Waals surface area contributed by atoms with Gasteiger partial charge in [-0.3, -0.25) is 5.32 Å². The Balaban J connectivity index is 2.29. The van der Waals surface area contributed by atoms with E-state index in [2.05, 4.69) is 5.32 Å². The van der Waals surface area contributed by atoms with Gasteiger partial charge in [-0.05, 0) is 58.1 Å². The van der Waals surface area contributed by atoms with Crippen molar-refractivity contribution in [1.82, 2.24) is 0 Å². The summed E-state index contributed by atoms with van der Waals surface area (Å²) < 4.78 is 10.6. The van der Waals surface area contributed by atoms with E-state index in [4.69, 9.17) is 15.2 Å². The zero-order valence-electron chi connectivity index (χ0n) is 14.9. The highest BCUT2D eigenvalue weighted by Gasteiger charge is 2.35. The molecule has 0 unspecified atom stereocenters. The van der Waals surface area contributed by atoms with Crippen molar-refractivity contribution in [2.45, 2.75) is 63.7 Å². The number of aliphatic hydroxyl groups is 1. The first-order valence-electron chi connectivity index (χ1n) is 8.28. The molecule has 134 valence electrons. The first-order valence-corrected chi connectivity index (χ1v) is 8.28. The summed E-state index contributed by atoms with van der Waals surface area (Å²) in [5, 5.41) is 12.5. The van der Waals surface area contributed by atoms with Crippen molar-refractivity contribution >= 4 is 11.8 Å². The van der Waals surface area contributed by atoms with E-state index >= 15 is 0 Å². The molecular formula is C18H28N2O4. The lowest BCUT2D eigenvalue weighted by Gasteiger charge is -2.37. The highest BCUT2D eigenvalue weighted by atomic mass is 16.6. The van der Waals surface area contributed by atoms with Gasteiger partial charge in [0.2, 0.25) is 0 Å². The molecule has 0 atom stereocenters. The molecule has 2 rings (SSSR count). The van der Waals surface area contributed by atoms with Crippen LogP contribution in [-0.4, -0.2) is 30.0 Å². The van der Waals surface area contributed by atoms with Crippen LogP contribution in [0.4, 0.5) is 10.5 Å². The summed E-state index contributed by atoms with van der Waals surface area (Å²) in [7, 11) is 1.57. The molecule has 0 aromatic heterocycles. The highest BCUT2D eigenvalue weighted by Crippen LogP contribution is 2.39. The van der Waals surface area contributed by atoms with Crippen molar-refractivity contribution in [3.63, 3.8) is 0 Å². The monoisotopic (exact) mass is 336 g/mol. The molecule has 6 heteroatoms. The Morgan fingerprint density at radius 3 is 2.50 bits per heavy atom. The normalized spacial score (nSPS) is 24.3. The minimum Gasteiger partial charge on any atom is -0.497 e. The third-order valence-electron chi connectivity index (χ3n) is 4.25. The number of benzene rings is 1. The summed E-state index contributed by atoms with van der Waals surface area (Å²) in [6, 6.07) is 5.46. The molecule has 0 radical (unpaired) electrons. The second-order valence-corrected chi connectivity index (χ2v) is 7.43. The Morgan fingerprint density at radius 2 is 1.96 bits per heavy atom. The number of nitrogens with one attached hydrogen (secondary N) is 1. The first-order chi connectivity index (χ1) is 11.1. The summed E-state index contributed by atoms with van der Waals surface area (Å²) in [5.41, 5.74) is 6.84. The van der Waals surface area contributed by atoms with Gasteiger partial charge in [0, 0.05) is 11.6 Å². The Labute approximate surface area is 143 Å². The van der Waals surface area contributed by atoms with Crippen molar-refractivity contribution < 1.29 is 19.4 Å². The predicted octanol–water partition coefficient (Wildman–Crippen LogP) is 3.13. The van der Waals surface area contributed by atoms with Gasteiger partial charge in [0.15, 0.2) is 0 Å². The molecule has 1 saturated carbocycles. The molecule has 0 spiro atoms. The second-order valence-electron chi connectivity index (χ2n) is 7.43. The maximum atomic E-state index is 12.2. The number of methoxy groups -OCH3 is 1. The maximum absolute atomic E-state index is 12.2. The van der Waals surface area contributed by atoms with Crippen LogP contribution in [0, 0.1) is 0 Å². The SMILES string of the molecule is COc1ccc(C2(N)CCC(O)CC2)c(NC(=O)OC(C)(C)C)c1. The van der Waals surface area contributed by atoms with Crippen molar-refractivity contribution in [3.8, 4) is 5.75 Å². The van der Waals surface area contributed by atoms with Gasteiger partial charge >= 0.3 is 6.09 Å². The Kier molecular flexibility index (Phi) is 5.40. The van der Waals surface area contributed by atoms with Crippen LogP contribution in [0.5, 0.6) is 5.75 Å². The minimum absolute atomic E-state index is 0.304. The van der Waals surface area contributed by atoms with Crippen LogP contribution < -0.4 is 15.8 Å². The number of aliphatic hydroxyl groups excluding tert-OH is 1. The maximum Gasteiger partial charge on any atom is 0.412 e. The molecule has 0 saturated heterocycles. The topological polar surface area (TPSA) is 93.8 Å². The lowest BCUT2D eigenvalue weighted by molar-refractivity contribution is 0.0634. The van der Waals surface area contributed by atoms with Crippen LogP contribution in [0.3, 0.4) is 0 Å². The lowest BCUT2D eigenvalue weighted by atomic mass is 9.76. The third kappa shape index (κ3) is 4.61. The van der Waals surface area contributed by atoms with Gasteiger partial charge < -0.3 is 20.3 Å². The Morgan fingerprint density at radius 1 is 1.33 bits per heavy atom. The Bertz CT molecular complexity index is 587. The quantitative estimate of drug-likeness (QED) is 0.788. The van der Waals surface area contributed by atoms with E-state index in [-0.39, 0.29) is 6.10 Å². The molecule has 0 heterocycles. The fourth-order valence-electron chi connectivity index (χ4n) is 2.99. The largest absolute Gasteiger partial charge is 0.497 e. The fraction of sp³-hybridized carbons (Fsp3) is 0.611. The zero-order valence-corrected chi connectivity index (χ0v) is 14.9. The van der Waals surface area contributed by atoms with Crippen LogP contribution in [0.2, 0.25) is 0 Å². The van der Waals surface area contributed by atoms with Crippen LogP contribution >= 0.6 is 0 Å². The fourth-order valence-corrected chi connectivity index (χ4v) is 2.99. The molecule has 1 aromatic rings. The van der Waals surface area contributed by atoms with Gasteiger partial charge in [-0.2, -0.15) is 0 Å². The first kappa shape index (κ1) is 18.5. The van der Waals surface area contributed by atoms with Crippen molar-refractivity contribution in [1.29, 1.82) is 0 Å². The standard InChI is InChI=1S/C18H28N2O4/c1-17(2,3)24-16(22)20-15-11-13(23-4)5-6-14(15)18(19)9-7-12(21)8-10-18/h5-6,11-12,21H,7-10,19H2,1-4H3,(H,20,22). The number of rotatable bonds is 3. The number of ether oxygens (including phenoxy) is 2. The number of carbonyl (C=O) groups excluding carboxylic acids is 1. The molecule has 1 aliphatic rings. The molecule has 1 fully saturated rings. The lowest BCUT2D eigenvalue weighted by Crippen LogP contribution is -2.42. The van der Waals surface area contributed by atoms with Crippen LogP contribution in [0.1, 0.15) is 52.0 Å². The van der Waals surface area contributed by atoms with Crippen LogP contribution in [0.25, 0.3) is 0 Å². The predicted molar refractivity (Wildman–Crippen MR) is 93.2 cm³/mol.